The second-order valence-corrected chi connectivity index (χ2v) is 3.08. The summed E-state index contributed by atoms with van der Waals surface area (Å²) in [7, 11) is 0. The van der Waals surface area contributed by atoms with Crippen molar-refractivity contribution in [3.8, 4) is 11.5 Å². The Kier molecular flexibility index (Phi) is 2.58. The van der Waals surface area contributed by atoms with Gasteiger partial charge in [0.05, 0.1) is 6.42 Å². The minimum absolute atomic E-state index is 0.00449. The van der Waals surface area contributed by atoms with Crippen LogP contribution in [-0.2, 0) is 4.79 Å². The number of hydrogen-bond acceptors (Lipinski definition) is 3. The summed E-state index contributed by atoms with van der Waals surface area (Å²) >= 11 is 0. The van der Waals surface area contributed by atoms with E-state index in [0.717, 1.165) is 5.56 Å². The lowest BCUT2D eigenvalue weighted by Gasteiger charge is -1.99. The molecule has 0 amide bonds. The van der Waals surface area contributed by atoms with Crippen LogP contribution in [0, 0.1) is 0 Å². The van der Waals surface area contributed by atoms with Gasteiger partial charge in [-0.1, -0.05) is 24.3 Å². The Morgan fingerprint density at radius 1 is 1.47 bits per heavy atom. The maximum absolute atomic E-state index is 10.3. The quantitative estimate of drug-likeness (QED) is 0.820. The number of benzene rings is 1. The minimum Gasteiger partial charge on any atom is -0.481 e. The highest BCUT2D eigenvalue weighted by atomic mass is 16.7. The minimum atomic E-state index is -0.851. The normalized spacial score (nSPS) is 13.3. The van der Waals surface area contributed by atoms with Crippen molar-refractivity contribution in [1.82, 2.24) is 0 Å². The Hall–Kier alpha value is -1.97. The van der Waals surface area contributed by atoms with Gasteiger partial charge in [0, 0.05) is 5.56 Å². The van der Waals surface area contributed by atoms with Crippen LogP contribution in [0.1, 0.15) is 12.0 Å². The molecular weight excluding hydrogens is 196 g/mol. The van der Waals surface area contributed by atoms with Crippen LogP contribution in [0.5, 0.6) is 11.5 Å². The van der Waals surface area contributed by atoms with Crippen molar-refractivity contribution < 1.29 is 19.4 Å². The summed E-state index contributed by atoms with van der Waals surface area (Å²) in [6, 6.07) is 5.51. The Balaban J connectivity index is 2.18. The number of aliphatic carboxylic acids is 1. The van der Waals surface area contributed by atoms with Crippen LogP contribution < -0.4 is 9.47 Å². The molecule has 0 bridgehead atoms. The first-order chi connectivity index (χ1) is 7.27. The maximum atomic E-state index is 10.3. The van der Waals surface area contributed by atoms with Crippen molar-refractivity contribution in [2.75, 3.05) is 6.79 Å². The smallest absolute Gasteiger partial charge is 0.307 e. The van der Waals surface area contributed by atoms with Crippen molar-refractivity contribution in [2.45, 2.75) is 6.42 Å². The third-order valence-electron chi connectivity index (χ3n) is 2.02. The third kappa shape index (κ3) is 2.10. The number of carboxylic acids is 1. The van der Waals surface area contributed by atoms with Crippen LogP contribution in [-0.4, -0.2) is 17.9 Å². The zero-order valence-electron chi connectivity index (χ0n) is 7.97. The molecule has 0 aromatic heterocycles. The Morgan fingerprint density at radius 2 is 2.33 bits per heavy atom. The number of hydrogen-bond donors (Lipinski definition) is 1. The van der Waals surface area contributed by atoms with Gasteiger partial charge in [0.2, 0.25) is 6.79 Å². The van der Waals surface area contributed by atoms with Crippen LogP contribution in [0.25, 0.3) is 6.08 Å². The molecule has 0 aliphatic carbocycles. The van der Waals surface area contributed by atoms with Crippen LogP contribution in [0.4, 0.5) is 0 Å². The molecular formula is C11H10O4. The zero-order valence-corrected chi connectivity index (χ0v) is 7.97. The zero-order chi connectivity index (χ0) is 10.7. The molecule has 4 nitrogen and oxygen atoms in total. The molecule has 0 atom stereocenters. The molecule has 2 rings (SSSR count). The second-order valence-electron chi connectivity index (χ2n) is 3.08. The van der Waals surface area contributed by atoms with Crippen LogP contribution in [0.2, 0.25) is 0 Å². The van der Waals surface area contributed by atoms with E-state index in [0.29, 0.717) is 11.5 Å². The molecule has 4 heteroatoms. The highest BCUT2D eigenvalue weighted by Gasteiger charge is 2.15. The summed E-state index contributed by atoms with van der Waals surface area (Å²) in [5.74, 6) is 0.530. The highest BCUT2D eigenvalue weighted by Crippen LogP contribution is 2.35. The monoisotopic (exact) mass is 206 g/mol. The van der Waals surface area contributed by atoms with Gasteiger partial charge >= 0.3 is 5.97 Å². The van der Waals surface area contributed by atoms with Crippen molar-refractivity contribution in [3.63, 3.8) is 0 Å². The van der Waals surface area contributed by atoms with E-state index in [-0.39, 0.29) is 13.2 Å². The van der Waals surface area contributed by atoms with Gasteiger partial charge in [-0.3, -0.25) is 4.79 Å². The molecule has 0 radical (unpaired) electrons. The van der Waals surface area contributed by atoms with E-state index in [2.05, 4.69) is 0 Å². The van der Waals surface area contributed by atoms with E-state index in [9.17, 15) is 4.79 Å². The Morgan fingerprint density at radius 3 is 3.13 bits per heavy atom. The van der Waals surface area contributed by atoms with Crippen molar-refractivity contribution >= 4 is 12.0 Å². The van der Waals surface area contributed by atoms with Gasteiger partial charge in [0.15, 0.2) is 11.5 Å². The molecule has 0 saturated carbocycles. The molecule has 15 heavy (non-hydrogen) atoms. The second kappa shape index (κ2) is 4.04. The fraction of sp³-hybridized carbons (Fsp3) is 0.182. The summed E-state index contributed by atoms with van der Waals surface area (Å²) in [6.45, 7) is 0.221. The molecule has 1 heterocycles. The summed E-state index contributed by atoms with van der Waals surface area (Å²) in [6.07, 6.45) is 3.31. The predicted octanol–water partition coefficient (Wildman–Crippen LogP) is 1.90. The van der Waals surface area contributed by atoms with Gasteiger partial charge in [-0.2, -0.15) is 0 Å². The SMILES string of the molecule is O=C(O)C/C=C/c1cccc2c1OCO2. The fourth-order valence-corrected chi connectivity index (χ4v) is 1.37. The Bertz CT molecular complexity index is 409. The molecule has 0 fully saturated rings. The maximum Gasteiger partial charge on any atom is 0.307 e. The van der Waals surface area contributed by atoms with E-state index in [1.54, 1.807) is 12.2 Å². The van der Waals surface area contributed by atoms with Gasteiger partial charge in [-0.25, -0.2) is 0 Å². The first-order valence-corrected chi connectivity index (χ1v) is 4.54. The van der Waals surface area contributed by atoms with Crippen LogP contribution in [0.15, 0.2) is 24.3 Å². The number of para-hydroxylation sites is 1. The van der Waals surface area contributed by atoms with E-state index < -0.39 is 5.97 Å². The molecule has 1 aromatic rings. The first kappa shape index (κ1) is 9.58. The third-order valence-corrected chi connectivity index (χ3v) is 2.02. The van der Waals surface area contributed by atoms with Crippen molar-refractivity contribution in [3.05, 3.63) is 29.8 Å². The average Bonchev–Trinajstić information content (AvgIpc) is 2.65. The van der Waals surface area contributed by atoms with E-state index in [1.807, 2.05) is 18.2 Å². The largest absolute Gasteiger partial charge is 0.481 e. The van der Waals surface area contributed by atoms with Gasteiger partial charge in [-0.15, -0.1) is 0 Å². The van der Waals surface area contributed by atoms with E-state index in [4.69, 9.17) is 14.6 Å². The van der Waals surface area contributed by atoms with Gasteiger partial charge in [0.25, 0.3) is 0 Å². The number of carboxylic acid groups (broad SMARTS) is 1. The molecule has 1 aliphatic heterocycles. The van der Waals surface area contributed by atoms with Gasteiger partial charge in [0.1, 0.15) is 0 Å². The number of fused-ring (bicyclic) bond motifs is 1. The number of ether oxygens (including phenoxy) is 2. The lowest BCUT2D eigenvalue weighted by Crippen LogP contribution is -1.93. The highest BCUT2D eigenvalue weighted by molar-refractivity contribution is 5.71. The van der Waals surface area contributed by atoms with Crippen LogP contribution in [0.3, 0.4) is 0 Å². The molecule has 78 valence electrons. The summed E-state index contributed by atoms with van der Waals surface area (Å²) < 4.78 is 10.5. The standard InChI is InChI=1S/C11H10O4/c12-10(13)6-2-4-8-3-1-5-9-11(8)15-7-14-9/h1-5H,6-7H2,(H,12,13)/b4-2+. The van der Waals surface area contributed by atoms with E-state index in [1.165, 1.54) is 0 Å². The van der Waals surface area contributed by atoms with Gasteiger partial charge < -0.3 is 14.6 Å². The molecule has 1 aromatic carbocycles. The molecule has 0 spiro atoms. The summed E-state index contributed by atoms with van der Waals surface area (Å²) in [5, 5.41) is 8.48. The summed E-state index contributed by atoms with van der Waals surface area (Å²) in [4.78, 5) is 10.3. The number of rotatable bonds is 3. The fourth-order valence-electron chi connectivity index (χ4n) is 1.37. The predicted molar refractivity (Wildman–Crippen MR) is 53.9 cm³/mol. The molecule has 1 N–H and O–H groups in total. The lowest BCUT2D eigenvalue weighted by molar-refractivity contribution is -0.135. The first-order valence-electron chi connectivity index (χ1n) is 4.54. The Labute approximate surface area is 86.7 Å². The lowest BCUT2D eigenvalue weighted by atomic mass is 10.1. The van der Waals surface area contributed by atoms with E-state index >= 15 is 0 Å². The van der Waals surface area contributed by atoms with Crippen molar-refractivity contribution in [1.29, 1.82) is 0 Å². The number of carbonyl (C=O) groups is 1. The topological polar surface area (TPSA) is 55.8 Å². The van der Waals surface area contributed by atoms with Crippen LogP contribution >= 0.6 is 0 Å². The molecule has 0 saturated heterocycles. The average molecular weight is 206 g/mol. The summed E-state index contributed by atoms with van der Waals surface area (Å²) in [5.41, 5.74) is 0.839. The van der Waals surface area contributed by atoms with Gasteiger partial charge in [-0.05, 0) is 6.07 Å². The molecule has 0 unspecified atom stereocenters. The van der Waals surface area contributed by atoms with Crippen molar-refractivity contribution in [2.24, 2.45) is 0 Å². The molecule has 1 aliphatic rings.